The standard InChI is InChI=1S/C5H5FO4S/c6-3(5(9)10)1-11-2-4(7)8/h1H,2H2,(H,7,8)(H,9,10). The maximum atomic E-state index is 12.0. The fourth-order valence-electron chi connectivity index (χ4n) is 0.237. The first-order valence-corrected chi connectivity index (χ1v) is 3.51. The number of hydrogen-bond donors (Lipinski definition) is 2. The number of carboxylic acids is 2. The summed E-state index contributed by atoms with van der Waals surface area (Å²) in [5.41, 5.74) is 0. The van der Waals surface area contributed by atoms with Crippen molar-refractivity contribution in [2.24, 2.45) is 0 Å². The highest BCUT2D eigenvalue weighted by atomic mass is 32.2. The maximum Gasteiger partial charge on any atom is 0.365 e. The van der Waals surface area contributed by atoms with Crippen molar-refractivity contribution in [3.05, 3.63) is 11.2 Å². The van der Waals surface area contributed by atoms with Gasteiger partial charge in [-0.15, -0.1) is 11.8 Å². The summed E-state index contributed by atoms with van der Waals surface area (Å²) >= 11 is 0.580. The number of aliphatic carboxylic acids is 2. The molecular formula is C5H5FO4S. The van der Waals surface area contributed by atoms with Gasteiger partial charge in [-0.25, -0.2) is 4.79 Å². The number of halogens is 1. The van der Waals surface area contributed by atoms with Crippen LogP contribution in [0.1, 0.15) is 0 Å². The Morgan fingerprint density at radius 3 is 2.36 bits per heavy atom. The highest BCUT2D eigenvalue weighted by Gasteiger charge is 2.04. The molecule has 0 rings (SSSR count). The Morgan fingerprint density at radius 1 is 1.45 bits per heavy atom. The molecule has 2 N–H and O–H groups in total. The molecule has 0 aromatic heterocycles. The molecule has 0 saturated carbocycles. The van der Waals surface area contributed by atoms with Gasteiger partial charge in [0.05, 0.1) is 5.75 Å². The smallest absolute Gasteiger partial charge is 0.365 e. The first kappa shape index (κ1) is 9.96. The van der Waals surface area contributed by atoms with E-state index in [0.717, 1.165) is 0 Å². The lowest BCUT2D eigenvalue weighted by Gasteiger charge is -1.88. The Kier molecular flexibility index (Phi) is 4.28. The summed E-state index contributed by atoms with van der Waals surface area (Å²) in [6.07, 6.45) is 0. The van der Waals surface area contributed by atoms with Gasteiger partial charge in [0.2, 0.25) is 5.83 Å². The highest BCUT2D eigenvalue weighted by Crippen LogP contribution is 2.07. The first-order valence-electron chi connectivity index (χ1n) is 2.46. The minimum atomic E-state index is -1.69. The third-order valence-corrected chi connectivity index (χ3v) is 1.39. The summed E-state index contributed by atoms with van der Waals surface area (Å²) in [7, 11) is 0. The normalized spacial score (nSPS) is 11.2. The van der Waals surface area contributed by atoms with Gasteiger partial charge in [-0.2, -0.15) is 4.39 Å². The number of rotatable bonds is 4. The van der Waals surface area contributed by atoms with Crippen molar-refractivity contribution in [2.75, 3.05) is 5.75 Å². The molecule has 0 aromatic carbocycles. The molecule has 62 valence electrons. The molecule has 0 radical (unpaired) electrons. The van der Waals surface area contributed by atoms with E-state index >= 15 is 0 Å². The Labute approximate surface area is 65.7 Å². The average molecular weight is 180 g/mol. The Hall–Kier alpha value is -1.04. The molecule has 11 heavy (non-hydrogen) atoms. The summed E-state index contributed by atoms with van der Waals surface area (Å²) in [5.74, 6) is -4.51. The van der Waals surface area contributed by atoms with Crippen LogP contribution in [0.15, 0.2) is 11.2 Å². The van der Waals surface area contributed by atoms with Crippen LogP contribution in [0.5, 0.6) is 0 Å². The minimum absolute atomic E-state index is 0.347. The van der Waals surface area contributed by atoms with Crippen LogP contribution in [0, 0.1) is 0 Å². The van der Waals surface area contributed by atoms with Crippen molar-refractivity contribution < 1.29 is 24.2 Å². The summed E-state index contributed by atoms with van der Waals surface area (Å²) in [4.78, 5) is 19.6. The van der Waals surface area contributed by atoms with E-state index in [9.17, 15) is 14.0 Å². The van der Waals surface area contributed by atoms with Crippen LogP contribution in [0.25, 0.3) is 0 Å². The summed E-state index contributed by atoms with van der Waals surface area (Å²) in [6.45, 7) is 0. The monoisotopic (exact) mass is 180 g/mol. The van der Waals surface area contributed by atoms with E-state index in [1.165, 1.54) is 0 Å². The van der Waals surface area contributed by atoms with Crippen LogP contribution < -0.4 is 0 Å². The van der Waals surface area contributed by atoms with E-state index in [4.69, 9.17) is 10.2 Å². The quantitative estimate of drug-likeness (QED) is 0.623. The van der Waals surface area contributed by atoms with E-state index in [1.54, 1.807) is 0 Å². The molecule has 0 heterocycles. The van der Waals surface area contributed by atoms with Crippen molar-refractivity contribution in [3.8, 4) is 0 Å². The average Bonchev–Trinajstić information content (AvgIpc) is 1.86. The molecule has 4 nitrogen and oxygen atoms in total. The number of carbonyl (C=O) groups is 2. The summed E-state index contributed by atoms with van der Waals surface area (Å²) in [6, 6.07) is 0. The van der Waals surface area contributed by atoms with Crippen LogP contribution in [0.2, 0.25) is 0 Å². The topological polar surface area (TPSA) is 74.6 Å². The molecular weight excluding hydrogens is 175 g/mol. The van der Waals surface area contributed by atoms with Crippen molar-refractivity contribution >= 4 is 23.7 Å². The van der Waals surface area contributed by atoms with Crippen molar-refractivity contribution in [2.45, 2.75) is 0 Å². The predicted octanol–water partition coefficient (Wildman–Crippen LogP) is 0.700. The highest BCUT2D eigenvalue weighted by molar-refractivity contribution is 8.02. The Morgan fingerprint density at radius 2 is 2.00 bits per heavy atom. The maximum absolute atomic E-state index is 12.0. The molecule has 0 aliphatic carbocycles. The van der Waals surface area contributed by atoms with Crippen LogP contribution in [-0.4, -0.2) is 27.9 Å². The lowest BCUT2D eigenvalue weighted by atomic mass is 10.6. The summed E-state index contributed by atoms with van der Waals surface area (Å²) < 4.78 is 12.0. The molecule has 0 aliphatic rings. The van der Waals surface area contributed by atoms with Crippen molar-refractivity contribution in [3.63, 3.8) is 0 Å². The second kappa shape index (κ2) is 4.73. The number of thioether (sulfide) groups is 1. The molecule has 0 aliphatic heterocycles. The Bertz CT molecular complexity index is 201. The fraction of sp³-hybridized carbons (Fsp3) is 0.200. The molecule has 0 saturated heterocycles. The van der Waals surface area contributed by atoms with Crippen LogP contribution in [0.4, 0.5) is 4.39 Å². The molecule has 0 amide bonds. The molecule has 0 spiro atoms. The molecule has 0 bridgehead atoms. The van der Waals surface area contributed by atoms with Gasteiger partial charge >= 0.3 is 11.9 Å². The molecule has 0 unspecified atom stereocenters. The number of hydrogen-bond acceptors (Lipinski definition) is 3. The van der Waals surface area contributed by atoms with E-state index in [2.05, 4.69) is 0 Å². The Balaban J connectivity index is 3.74. The van der Waals surface area contributed by atoms with Crippen molar-refractivity contribution in [1.82, 2.24) is 0 Å². The van der Waals surface area contributed by atoms with E-state index in [-0.39, 0.29) is 5.75 Å². The second-order valence-electron chi connectivity index (χ2n) is 1.48. The van der Waals surface area contributed by atoms with Gasteiger partial charge in [0.25, 0.3) is 0 Å². The zero-order chi connectivity index (χ0) is 8.85. The molecule has 6 heteroatoms. The fourth-order valence-corrected chi connectivity index (χ4v) is 0.710. The van der Waals surface area contributed by atoms with E-state index < -0.39 is 17.8 Å². The van der Waals surface area contributed by atoms with Crippen LogP contribution in [0.3, 0.4) is 0 Å². The largest absolute Gasteiger partial charge is 0.481 e. The third-order valence-electron chi connectivity index (χ3n) is 0.598. The van der Waals surface area contributed by atoms with Gasteiger partial charge < -0.3 is 10.2 Å². The third kappa shape index (κ3) is 5.41. The number of carboxylic acid groups (broad SMARTS) is 2. The lowest BCUT2D eigenvalue weighted by molar-refractivity contribution is -0.135. The van der Waals surface area contributed by atoms with Gasteiger partial charge in [-0.1, -0.05) is 0 Å². The minimum Gasteiger partial charge on any atom is -0.481 e. The zero-order valence-electron chi connectivity index (χ0n) is 5.28. The lowest BCUT2D eigenvalue weighted by Crippen LogP contribution is -1.98. The zero-order valence-corrected chi connectivity index (χ0v) is 6.10. The van der Waals surface area contributed by atoms with E-state index in [0.29, 0.717) is 17.2 Å². The summed E-state index contributed by atoms with van der Waals surface area (Å²) in [5, 5.41) is 16.6. The van der Waals surface area contributed by atoms with Gasteiger partial charge in [0, 0.05) is 5.41 Å². The van der Waals surface area contributed by atoms with Crippen LogP contribution in [-0.2, 0) is 9.59 Å². The molecule has 0 fully saturated rings. The van der Waals surface area contributed by atoms with E-state index in [1.807, 2.05) is 0 Å². The van der Waals surface area contributed by atoms with Crippen LogP contribution >= 0.6 is 11.8 Å². The second-order valence-corrected chi connectivity index (χ2v) is 2.33. The molecule has 0 aromatic rings. The SMILES string of the molecule is O=C(O)CSC=C(F)C(=O)O. The van der Waals surface area contributed by atoms with Gasteiger partial charge in [-0.3, -0.25) is 4.79 Å². The predicted molar refractivity (Wildman–Crippen MR) is 36.9 cm³/mol. The van der Waals surface area contributed by atoms with Gasteiger partial charge in [-0.05, 0) is 0 Å². The van der Waals surface area contributed by atoms with Crippen molar-refractivity contribution in [1.29, 1.82) is 0 Å². The van der Waals surface area contributed by atoms with Gasteiger partial charge in [0.15, 0.2) is 0 Å². The molecule has 0 atom stereocenters. The van der Waals surface area contributed by atoms with Gasteiger partial charge in [0.1, 0.15) is 0 Å². The first-order chi connectivity index (χ1) is 5.04.